The number of hydrogen-bond acceptors (Lipinski definition) is 5. The minimum absolute atomic E-state index is 0.0264. The van der Waals surface area contributed by atoms with Gasteiger partial charge >= 0.3 is 5.69 Å². The first kappa shape index (κ1) is 25.9. The lowest BCUT2D eigenvalue weighted by Crippen LogP contribution is -2.50. The third-order valence-corrected chi connectivity index (χ3v) is 8.10. The normalized spacial score (nSPS) is 17.0. The summed E-state index contributed by atoms with van der Waals surface area (Å²) in [5.41, 5.74) is 0.902. The minimum Gasteiger partial charge on any atom is -0.488 e. The van der Waals surface area contributed by atoms with Crippen LogP contribution in [0.4, 0.5) is 8.78 Å². The van der Waals surface area contributed by atoms with Gasteiger partial charge in [0.1, 0.15) is 22.2 Å². The number of carbonyl (C=O) groups excluding carboxylic acids is 1. The van der Waals surface area contributed by atoms with Gasteiger partial charge in [0.05, 0.1) is 28.2 Å². The second-order valence-corrected chi connectivity index (χ2v) is 12.0. The third kappa shape index (κ3) is 5.30. The number of amides is 1. The SMILES string of the molecule is CC(C)n1c(=O)n(-c2cccc(OCC(F)F)c2)c2ccc(C(=O)NC3(C)CCS(=O)(=O)CC3)cc21. The average Bonchev–Trinajstić information content (AvgIpc) is 3.11. The van der Waals surface area contributed by atoms with Crippen LogP contribution in [0.25, 0.3) is 16.7 Å². The van der Waals surface area contributed by atoms with E-state index >= 15 is 0 Å². The van der Waals surface area contributed by atoms with E-state index in [4.69, 9.17) is 4.74 Å². The number of sulfone groups is 1. The van der Waals surface area contributed by atoms with Crippen LogP contribution >= 0.6 is 0 Å². The highest BCUT2D eigenvalue weighted by molar-refractivity contribution is 7.91. The van der Waals surface area contributed by atoms with Crippen LogP contribution in [0.2, 0.25) is 0 Å². The maximum absolute atomic E-state index is 13.4. The number of fused-ring (bicyclic) bond motifs is 1. The van der Waals surface area contributed by atoms with Crippen LogP contribution in [0.3, 0.4) is 0 Å². The van der Waals surface area contributed by atoms with Crippen LogP contribution in [0.1, 0.15) is 50.0 Å². The summed E-state index contributed by atoms with van der Waals surface area (Å²) in [5.74, 6) is -0.0856. The van der Waals surface area contributed by atoms with Gasteiger partial charge < -0.3 is 10.1 Å². The van der Waals surface area contributed by atoms with Gasteiger partial charge in [-0.25, -0.2) is 22.0 Å². The van der Waals surface area contributed by atoms with Crippen molar-refractivity contribution in [2.45, 2.75) is 51.6 Å². The molecular formula is C25H29F2N3O5S. The number of hydrogen-bond donors (Lipinski definition) is 1. The van der Waals surface area contributed by atoms with E-state index in [-0.39, 0.29) is 34.9 Å². The van der Waals surface area contributed by atoms with E-state index in [1.165, 1.54) is 16.7 Å². The molecule has 3 aromatic rings. The number of halogens is 2. The summed E-state index contributed by atoms with van der Waals surface area (Å²) in [4.78, 5) is 26.5. The predicted octanol–water partition coefficient (Wildman–Crippen LogP) is 3.71. The van der Waals surface area contributed by atoms with Crippen molar-refractivity contribution >= 4 is 26.8 Å². The topological polar surface area (TPSA) is 99.4 Å². The molecule has 0 aliphatic carbocycles. The van der Waals surface area contributed by atoms with E-state index in [1.54, 1.807) is 34.9 Å². The Morgan fingerprint density at radius 3 is 2.44 bits per heavy atom. The first-order valence-electron chi connectivity index (χ1n) is 11.7. The molecule has 36 heavy (non-hydrogen) atoms. The zero-order valence-electron chi connectivity index (χ0n) is 20.3. The Morgan fingerprint density at radius 1 is 1.11 bits per heavy atom. The molecule has 0 bridgehead atoms. The van der Waals surface area contributed by atoms with Crippen LogP contribution in [0.15, 0.2) is 47.3 Å². The molecule has 0 spiro atoms. The maximum atomic E-state index is 13.4. The molecule has 0 unspecified atom stereocenters. The molecular weight excluding hydrogens is 492 g/mol. The quantitative estimate of drug-likeness (QED) is 0.511. The summed E-state index contributed by atoms with van der Waals surface area (Å²) in [6.07, 6.45) is -1.95. The number of imidazole rings is 1. The molecule has 1 N–H and O–H groups in total. The molecule has 2 aromatic carbocycles. The second-order valence-electron chi connectivity index (χ2n) is 9.65. The lowest BCUT2D eigenvalue weighted by atomic mass is 9.94. The van der Waals surface area contributed by atoms with Crippen molar-refractivity contribution in [1.82, 2.24) is 14.5 Å². The van der Waals surface area contributed by atoms with E-state index in [0.29, 0.717) is 35.1 Å². The molecule has 1 amide bonds. The van der Waals surface area contributed by atoms with Crippen molar-refractivity contribution in [2.75, 3.05) is 18.1 Å². The number of aromatic nitrogens is 2. The minimum atomic E-state index is -3.08. The van der Waals surface area contributed by atoms with Gasteiger partial charge in [-0.1, -0.05) is 6.07 Å². The molecule has 194 valence electrons. The van der Waals surface area contributed by atoms with E-state index < -0.39 is 28.4 Å². The van der Waals surface area contributed by atoms with Gasteiger partial charge in [0.2, 0.25) is 0 Å². The molecule has 1 fully saturated rings. The molecule has 0 radical (unpaired) electrons. The zero-order valence-corrected chi connectivity index (χ0v) is 21.1. The Kier molecular flexibility index (Phi) is 6.96. The zero-order chi connectivity index (χ0) is 26.3. The third-order valence-electron chi connectivity index (χ3n) is 6.45. The number of nitrogens with zero attached hydrogens (tertiary/aromatic N) is 2. The molecule has 4 rings (SSSR count). The van der Waals surface area contributed by atoms with E-state index in [9.17, 15) is 26.8 Å². The van der Waals surface area contributed by atoms with Crippen LogP contribution in [-0.2, 0) is 9.84 Å². The van der Waals surface area contributed by atoms with Gasteiger partial charge in [-0.05, 0) is 63.9 Å². The highest BCUT2D eigenvalue weighted by Crippen LogP contribution is 2.26. The second kappa shape index (κ2) is 9.68. The summed E-state index contributed by atoms with van der Waals surface area (Å²) in [6, 6.07) is 11.1. The average molecular weight is 522 g/mol. The number of nitrogens with one attached hydrogen (secondary N) is 1. The summed E-state index contributed by atoms with van der Waals surface area (Å²) in [7, 11) is -3.08. The number of ether oxygens (including phenoxy) is 1. The van der Waals surface area contributed by atoms with Crippen LogP contribution in [0, 0.1) is 0 Å². The van der Waals surface area contributed by atoms with Crippen molar-refractivity contribution in [1.29, 1.82) is 0 Å². The molecule has 11 heteroatoms. The number of carbonyl (C=O) groups is 1. The Bertz CT molecular complexity index is 1450. The summed E-state index contributed by atoms with van der Waals surface area (Å²) in [5, 5.41) is 2.97. The Hall–Kier alpha value is -3.21. The van der Waals surface area contributed by atoms with Crippen molar-refractivity contribution in [3.63, 3.8) is 0 Å². The van der Waals surface area contributed by atoms with Crippen molar-refractivity contribution in [3.8, 4) is 11.4 Å². The standard InChI is InChI=1S/C25H29F2N3O5S/c1-16(2)29-21-13-17(23(31)28-25(3)9-11-36(33,34)12-10-25)7-8-20(21)30(24(29)32)18-5-4-6-19(14-18)35-15-22(26)27/h4-8,13-14,16,22H,9-12,15H2,1-3H3,(H,28,31). The molecule has 0 atom stereocenters. The van der Waals surface area contributed by atoms with Gasteiger partial charge in [-0.15, -0.1) is 0 Å². The monoisotopic (exact) mass is 521 g/mol. The summed E-state index contributed by atoms with van der Waals surface area (Å²) in [6.45, 7) is 4.78. The Morgan fingerprint density at radius 2 is 1.81 bits per heavy atom. The highest BCUT2D eigenvalue weighted by atomic mass is 32.2. The molecule has 0 saturated carbocycles. The van der Waals surface area contributed by atoms with Gasteiger partial charge in [0.15, 0.2) is 0 Å². The largest absolute Gasteiger partial charge is 0.488 e. The molecule has 1 aromatic heterocycles. The lowest BCUT2D eigenvalue weighted by molar-refractivity contribution is 0.0819. The molecule has 1 saturated heterocycles. The maximum Gasteiger partial charge on any atom is 0.333 e. The fourth-order valence-electron chi connectivity index (χ4n) is 4.44. The van der Waals surface area contributed by atoms with Crippen molar-refractivity contribution in [2.24, 2.45) is 0 Å². The van der Waals surface area contributed by atoms with E-state index in [0.717, 1.165) is 0 Å². The van der Waals surface area contributed by atoms with Crippen LogP contribution < -0.4 is 15.7 Å². The van der Waals surface area contributed by atoms with E-state index in [2.05, 4.69) is 5.32 Å². The number of rotatable bonds is 7. The van der Waals surface area contributed by atoms with Gasteiger partial charge in [-0.3, -0.25) is 13.9 Å². The molecule has 8 nitrogen and oxygen atoms in total. The Balaban J connectivity index is 1.71. The fourth-order valence-corrected chi connectivity index (χ4v) is 6.17. The number of benzene rings is 2. The van der Waals surface area contributed by atoms with Crippen LogP contribution in [0.5, 0.6) is 5.75 Å². The van der Waals surface area contributed by atoms with Gasteiger partial charge in [0.25, 0.3) is 12.3 Å². The van der Waals surface area contributed by atoms with Gasteiger partial charge in [0, 0.05) is 23.2 Å². The van der Waals surface area contributed by atoms with E-state index in [1.807, 2.05) is 20.8 Å². The first-order valence-corrected chi connectivity index (χ1v) is 13.5. The molecule has 1 aliphatic rings. The first-order chi connectivity index (χ1) is 16.9. The predicted molar refractivity (Wildman–Crippen MR) is 133 cm³/mol. The molecule has 2 heterocycles. The number of alkyl halides is 2. The highest BCUT2D eigenvalue weighted by Gasteiger charge is 2.34. The summed E-state index contributed by atoms with van der Waals surface area (Å²) < 4.78 is 56.9. The fraction of sp³-hybridized carbons (Fsp3) is 0.440. The smallest absolute Gasteiger partial charge is 0.333 e. The Labute approximate surface area is 207 Å². The van der Waals surface area contributed by atoms with Gasteiger partial charge in [-0.2, -0.15) is 0 Å². The van der Waals surface area contributed by atoms with Crippen molar-refractivity contribution in [3.05, 3.63) is 58.5 Å². The lowest BCUT2D eigenvalue weighted by Gasteiger charge is -2.34. The molecule has 1 aliphatic heterocycles. The summed E-state index contributed by atoms with van der Waals surface area (Å²) >= 11 is 0. The van der Waals surface area contributed by atoms with Crippen molar-refractivity contribution < 1.29 is 26.7 Å². The van der Waals surface area contributed by atoms with Crippen LogP contribution in [-0.4, -0.2) is 53.5 Å².